The molecule has 0 saturated carbocycles. The van der Waals surface area contributed by atoms with Crippen LogP contribution in [0.15, 0.2) is 0 Å². The third-order valence-electron chi connectivity index (χ3n) is 1.26. The number of rotatable bonds is 5. The summed E-state index contributed by atoms with van der Waals surface area (Å²) in [6, 6.07) is 0. The highest BCUT2D eigenvalue weighted by atomic mass is 16.6. The lowest BCUT2D eigenvalue weighted by molar-refractivity contribution is -0.158. The van der Waals surface area contributed by atoms with Crippen molar-refractivity contribution >= 4 is 11.9 Å². The van der Waals surface area contributed by atoms with Gasteiger partial charge in [-0.25, -0.2) is 4.79 Å². The van der Waals surface area contributed by atoms with Gasteiger partial charge in [-0.1, -0.05) is 0 Å². The zero-order valence-corrected chi connectivity index (χ0v) is 7.69. The van der Waals surface area contributed by atoms with Crippen LogP contribution in [0.1, 0.15) is 26.7 Å². The summed E-state index contributed by atoms with van der Waals surface area (Å²) in [7, 11) is 0. The topological polar surface area (TPSA) is 83.8 Å². The largest absolute Gasteiger partial charge is 0.481 e. The maximum atomic E-state index is 10.9. The van der Waals surface area contributed by atoms with Gasteiger partial charge in [-0.2, -0.15) is 0 Å². The van der Waals surface area contributed by atoms with Gasteiger partial charge in [0.2, 0.25) is 0 Å². The Morgan fingerprint density at radius 3 is 2.31 bits per heavy atom. The monoisotopic (exact) mass is 190 g/mol. The number of aliphatic hydroxyl groups excluding tert-OH is 1. The summed E-state index contributed by atoms with van der Waals surface area (Å²) in [5.74, 6) is -1.81. The van der Waals surface area contributed by atoms with Crippen LogP contribution in [0.25, 0.3) is 0 Å². The third-order valence-corrected chi connectivity index (χ3v) is 1.26. The summed E-state index contributed by atoms with van der Waals surface area (Å²) in [4.78, 5) is 21.0. The number of hydrogen-bond donors (Lipinski definition) is 2. The second kappa shape index (κ2) is 5.53. The lowest BCUT2D eigenvalue weighted by Crippen LogP contribution is -2.26. The Bertz CT molecular complexity index is 187. The normalized spacial score (nSPS) is 12.6. The minimum absolute atomic E-state index is 0.110. The smallest absolute Gasteiger partial charge is 0.335 e. The van der Waals surface area contributed by atoms with Crippen LogP contribution in [-0.4, -0.2) is 34.4 Å². The van der Waals surface area contributed by atoms with Crippen LogP contribution in [0.3, 0.4) is 0 Å². The van der Waals surface area contributed by atoms with E-state index in [-0.39, 0.29) is 18.9 Å². The molecule has 0 spiro atoms. The first-order valence-electron chi connectivity index (χ1n) is 4.04. The van der Waals surface area contributed by atoms with E-state index < -0.39 is 18.0 Å². The van der Waals surface area contributed by atoms with Crippen LogP contribution in [0.2, 0.25) is 0 Å². The number of esters is 1. The number of aliphatic carboxylic acids is 1. The Morgan fingerprint density at radius 2 is 1.92 bits per heavy atom. The van der Waals surface area contributed by atoms with E-state index in [2.05, 4.69) is 4.74 Å². The van der Waals surface area contributed by atoms with Gasteiger partial charge >= 0.3 is 11.9 Å². The molecule has 0 aliphatic heterocycles. The van der Waals surface area contributed by atoms with E-state index >= 15 is 0 Å². The van der Waals surface area contributed by atoms with E-state index in [1.807, 2.05) is 0 Å². The molecule has 0 fully saturated rings. The maximum Gasteiger partial charge on any atom is 0.335 e. The summed E-state index contributed by atoms with van der Waals surface area (Å²) >= 11 is 0. The van der Waals surface area contributed by atoms with Crippen LogP contribution in [0.4, 0.5) is 0 Å². The van der Waals surface area contributed by atoms with E-state index in [0.717, 1.165) is 0 Å². The molecule has 0 heterocycles. The average Bonchev–Trinajstić information content (AvgIpc) is 1.98. The SMILES string of the molecule is CC(C)OC(=O)C(O)CCC(=O)O. The molecule has 0 radical (unpaired) electrons. The standard InChI is InChI=1S/C8H14O5/c1-5(2)13-8(12)6(9)3-4-7(10)11/h5-6,9H,3-4H2,1-2H3,(H,10,11). The molecule has 1 unspecified atom stereocenters. The molecular formula is C8H14O5. The molecular weight excluding hydrogens is 176 g/mol. The molecule has 1 atom stereocenters. The van der Waals surface area contributed by atoms with Gasteiger partial charge in [0.1, 0.15) is 0 Å². The minimum atomic E-state index is -1.33. The molecule has 5 heteroatoms. The molecule has 0 aromatic rings. The number of ether oxygens (including phenoxy) is 1. The number of carboxylic acids is 1. The molecule has 0 rings (SSSR count). The molecule has 0 bridgehead atoms. The fourth-order valence-corrected chi connectivity index (χ4v) is 0.689. The van der Waals surface area contributed by atoms with Crippen LogP contribution < -0.4 is 0 Å². The second-order valence-electron chi connectivity index (χ2n) is 2.93. The Labute approximate surface area is 76.3 Å². The zero-order valence-electron chi connectivity index (χ0n) is 7.69. The van der Waals surface area contributed by atoms with Crippen molar-refractivity contribution in [3.63, 3.8) is 0 Å². The van der Waals surface area contributed by atoms with Gasteiger partial charge in [0.15, 0.2) is 6.10 Å². The van der Waals surface area contributed by atoms with Crippen molar-refractivity contribution in [2.75, 3.05) is 0 Å². The van der Waals surface area contributed by atoms with Gasteiger partial charge in [-0.3, -0.25) is 4.79 Å². The number of hydrogen-bond acceptors (Lipinski definition) is 4. The van der Waals surface area contributed by atoms with Crippen LogP contribution in [0.5, 0.6) is 0 Å². The molecule has 0 saturated heterocycles. The quantitative estimate of drug-likeness (QED) is 0.603. The zero-order chi connectivity index (χ0) is 10.4. The predicted octanol–water partition coefficient (Wildman–Crippen LogP) is 0.164. The van der Waals surface area contributed by atoms with E-state index in [9.17, 15) is 9.59 Å². The highest BCUT2D eigenvalue weighted by molar-refractivity contribution is 5.75. The molecule has 0 aromatic heterocycles. The van der Waals surface area contributed by atoms with E-state index in [0.29, 0.717) is 0 Å². The number of aliphatic hydroxyl groups is 1. The predicted molar refractivity (Wildman–Crippen MR) is 44.1 cm³/mol. The van der Waals surface area contributed by atoms with Crippen molar-refractivity contribution < 1.29 is 24.5 Å². The highest BCUT2D eigenvalue weighted by Crippen LogP contribution is 2.01. The van der Waals surface area contributed by atoms with Gasteiger partial charge in [-0.15, -0.1) is 0 Å². The molecule has 76 valence electrons. The Hall–Kier alpha value is -1.10. The molecule has 0 aromatic carbocycles. The van der Waals surface area contributed by atoms with Crippen molar-refractivity contribution in [2.24, 2.45) is 0 Å². The van der Waals surface area contributed by atoms with Gasteiger partial charge in [0, 0.05) is 6.42 Å². The maximum absolute atomic E-state index is 10.9. The van der Waals surface area contributed by atoms with E-state index in [1.165, 1.54) is 0 Å². The number of carboxylic acid groups (broad SMARTS) is 1. The van der Waals surface area contributed by atoms with Crippen molar-refractivity contribution in [1.29, 1.82) is 0 Å². The summed E-state index contributed by atoms with van der Waals surface area (Å²) in [5.41, 5.74) is 0. The summed E-state index contributed by atoms with van der Waals surface area (Å²) < 4.78 is 4.66. The second-order valence-corrected chi connectivity index (χ2v) is 2.93. The number of carbonyl (C=O) groups excluding carboxylic acids is 1. The Morgan fingerprint density at radius 1 is 1.38 bits per heavy atom. The molecule has 0 aliphatic carbocycles. The van der Waals surface area contributed by atoms with Gasteiger partial charge in [0.25, 0.3) is 0 Å². The summed E-state index contributed by atoms with van der Waals surface area (Å²) in [6.45, 7) is 3.31. The van der Waals surface area contributed by atoms with E-state index in [4.69, 9.17) is 10.2 Å². The van der Waals surface area contributed by atoms with Gasteiger partial charge in [0.05, 0.1) is 6.10 Å². The summed E-state index contributed by atoms with van der Waals surface area (Å²) in [5, 5.41) is 17.3. The Kier molecular flexibility index (Phi) is 5.06. The van der Waals surface area contributed by atoms with Crippen molar-refractivity contribution in [2.45, 2.75) is 38.9 Å². The average molecular weight is 190 g/mol. The lowest BCUT2D eigenvalue weighted by atomic mass is 10.2. The molecule has 13 heavy (non-hydrogen) atoms. The number of carbonyl (C=O) groups is 2. The molecule has 2 N–H and O–H groups in total. The van der Waals surface area contributed by atoms with Crippen molar-refractivity contribution in [3.05, 3.63) is 0 Å². The van der Waals surface area contributed by atoms with Gasteiger partial charge < -0.3 is 14.9 Å². The highest BCUT2D eigenvalue weighted by Gasteiger charge is 2.18. The van der Waals surface area contributed by atoms with Crippen molar-refractivity contribution in [1.82, 2.24) is 0 Å². The van der Waals surface area contributed by atoms with Crippen LogP contribution >= 0.6 is 0 Å². The first-order chi connectivity index (χ1) is 5.93. The molecule has 0 amide bonds. The van der Waals surface area contributed by atoms with Gasteiger partial charge in [-0.05, 0) is 20.3 Å². The fraction of sp³-hybridized carbons (Fsp3) is 0.750. The third kappa shape index (κ3) is 6.10. The molecule has 5 nitrogen and oxygen atoms in total. The van der Waals surface area contributed by atoms with Crippen molar-refractivity contribution in [3.8, 4) is 0 Å². The first kappa shape index (κ1) is 11.9. The first-order valence-corrected chi connectivity index (χ1v) is 4.04. The fourth-order valence-electron chi connectivity index (χ4n) is 0.689. The lowest BCUT2D eigenvalue weighted by Gasteiger charge is -2.11. The molecule has 0 aliphatic rings. The van der Waals surface area contributed by atoms with E-state index in [1.54, 1.807) is 13.8 Å². The summed E-state index contributed by atoms with van der Waals surface area (Å²) in [6.07, 6.45) is -1.99. The minimum Gasteiger partial charge on any atom is -0.481 e. The Balaban J connectivity index is 3.76. The van der Waals surface area contributed by atoms with Crippen LogP contribution in [-0.2, 0) is 14.3 Å². The van der Waals surface area contributed by atoms with Crippen LogP contribution in [0, 0.1) is 0 Å².